The van der Waals surface area contributed by atoms with Crippen molar-refractivity contribution < 1.29 is 9.53 Å². The summed E-state index contributed by atoms with van der Waals surface area (Å²) in [6.45, 7) is 5.62. The Morgan fingerprint density at radius 1 is 1.37 bits per heavy atom. The van der Waals surface area contributed by atoms with Crippen molar-refractivity contribution in [2.75, 3.05) is 5.32 Å². The molecular formula is C13H15N3O2S. The second-order valence-corrected chi connectivity index (χ2v) is 5.02. The van der Waals surface area contributed by atoms with Gasteiger partial charge in [-0.1, -0.05) is 12.1 Å². The van der Waals surface area contributed by atoms with E-state index in [0.29, 0.717) is 22.3 Å². The molecule has 6 heteroatoms. The second kappa shape index (κ2) is 5.79. The Morgan fingerprint density at radius 2 is 2.11 bits per heavy atom. The third kappa shape index (κ3) is 3.51. The van der Waals surface area contributed by atoms with Crippen LogP contribution in [-0.4, -0.2) is 21.4 Å². The highest BCUT2D eigenvalue weighted by atomic mass is 32.1. The van der Waals surface area contributed by atoms with Crippen molar-refractivity contribution in [3.63, 3.8) is 0 Å². The van der Waals surface area contributed by atoms with E-state index in [1.807, 2.05) is 19.9 Å². The van der Waals surface area contributed by atoms with Crippen LogP contribution in [-0.2, 0) is 0 Å². The van der Waals surface area contributed by atoms with E-state index in [1.54, 1.807) is 25.1 Å². The number of anilines is 1. The molecular weight excluding hydrogens is 262 g/mol. The molecule has 0 saturated heterocycles. The van der Waals surface area contributed by atoms with Gasteiger partial charge in [0.05, 0.1) is 11.7 Å². The van der Waals surface area contributed by atoms with Crippen LogP contribution in [0.1, 0.15) is 30.0 Å². The Hall–Kier alpha value is -1.95. The number of para-hydroxylation sites is 1. The molecule has 5 nitrogen and oxygen atoms in total. The summed E-state index contributed by atoms with van der Waals surface area (Å²) in [6.07, 6.45) is 0.0118. The summed E-state index contributed by atoms with van der Waals surface area (Å²) in [7, 11) is 0. The zero-order valence-electron chi connectivity index (χ0n) is 11.0. The lowest BCUT2D eigenvalue weighted by Crippen LogP contribution is -2.15. The number of carbonyl (C=O) groups is 1. The molecule has 1 aromatic heterocycles. The molecule has 0 atom stereocenters. The zero-order chi connectivity index (χ0) is 13.8. The quantitative estimate of drug-likeness (QED) is 0.933. The molecule has 1 N–H and O–H groups in total. The normalized spacial score (nSPS) is 10.5. The largest absolute Gasteiger partial charge is 0.490 e. The van der Waals surface area contributed by atoms with Crippen molar-refractivity contribution in [2.24, 2.45) is 0 Å². The highest BCUT2D eigenvalue weighted by molar-refractivity contribution is 7.09. The molecule has 0 aliphatic carbocycles. The van der Waals surface area contributed by atoms with Crippen molar-refractivity contribution in [2.45, 2.75) is 26.9 Å². The van der Waals surface area contributed by atoms with Crippen molar-refractivity contribution in [1.82, 2.24) is 9.36 Å². The highest BCUT2D eigenvalue weighted by Crippen LogP contribution is 2.21. The van der Waals surface area contributed by atoms with E-state index >= 15 is 0 Å². The lowest BCUT2D eigenvalue weighted by molar-refractivity contribution is 0.102. The summed E-state index contributed by atoms with van der Waals surface area (Å²) in [5.41, 5.74) is 0.490. The molecule has 1 amide bonds. The van der Waals surface area contributed by atoms with Crippen molar-refractivity contribution in [3.8, 4) is 5.75 Å². The molecule has 0 fully saturated rings. The predicted octanol–water partition coefficient (Wildman–Crippen LogP) is 2.89. The van der Waals surface area contributed by atoms with Crippen LogP contribution in [0.4, 0.5) is 5.13 Å². The Kier molecular flexibility index (Phi) is 4.11. The summed E-state index contributed by atoms with van der Waals surface area (Å²) >= 11 is 1.16. The van der Waals surface area contributed by atoms with Gasteiger partial charge in [0, 0.05) is 11.5 Å². The minimum atomic E-state index is -0.243. The first-order chi connectivity index (χ1) is 9.06. The molecule has 0 bridgehead atoms. The number of rotatable bonds is 4. The van der Waals surface area contributed by atoms with E-state index < -0.39 is 0 Å². The molecule has 0 aliphatic heterocycles. The van der Waals surface area contributed by atoms with Crippen LogP contribution in [0.15, 0.2) is 24.3 Å². The fourth-order valence-electron chi connectivity index (χ4n) is 1.52. The summed E-state index contributed by atoms with van der Waals surface area (Å²) in [4.78, 5) is 16.3. The average molecular weight is 277 g/mol. The lowest BCUT2D eigenvalue weighted by Gasteiger charge is -2.13. The van der Waals surface area contributed by atoms with E-state index in [1.165, 1.54) is 0 Å². The number of aryl methyl sites for hydroxylation is 1. The minimum absolute atomic E-state index is 0.0118. The third-order valence-corrected chi connectivity index (χ3v) is 2.96. The van der Waals surface area contributed by atoms with Gasteiger partial charge in [0.1, 0.15) is 11.6 Å². The van der Waals surface area contributed by atoms with Crippen molar-refractivity contribution in [1.29, 1.82) is 0 Å². The standard InChI is InChI=1S/C13H15N3O2S/c1-8(2)18-11-7-5-4-6-10(11)12(17)15-13-14-9(3)16-19-13/h4-8H,1-3H3,(H,14,15,16,17). The van der Waals surface area contributed by atoms with Gasteiger partial charge in [-0.3, -0.25) is 10.1 Å². The SMILES string of the molecule is Cc1nsc(NC(=O)c2ccccc2OC(C)C)n1. The van der Waals surface area contributed by atoms with Gasteiger partial charge < -0.3 is 4.74 Å². The minimum Gasteiger partial charge on any atom is -0.490 e. The molecule has 0 radical (unpaired) electrons. The molecule has 2 rings (SSSR count). The number of carbonyl (C=O) groups excluding carboxylic acids is 1. The zero-order valence-corrected chi connectivity index (χ0v) is 11.8. The van der Waals surface area contributed by atoms with E-state index in [4.69, 9.17) is 4.74 Å². The first-order valence-electron chi connectivity index (χ1n) is 5.93. The average Bonchev–Trinajstić information content (AvgIpc) is 2.74. The van der Waals surface area contributed by atoms with Crippen LogP contribution >= 0.6 is 11.5 Å². The maximum Gasteiger partial charge on any atom is 0.261 e. The van der Waals surface area contributed by atoms with Gasteiger partial charge in [0.15, 0.2) is 0 Å². The van der Waals surface area contributed by atoms with Gasteiger partial charge in [0.2, 0.25) is 5.13 Å². The number of ether oxygens (including phenoxy) is 1. The van der Waals surface area contributed by atoms with Crippen LogP contribution < -0.4 is 10.1 Å². The molecule has 1 heterocycles. The van der Waals surface area contributed by atoms with E-state index in [-0.39, 0.29) is 12.0 Å². The van der Waals surface area contributed by atoms with Gasteiger partial charge >= 0.3 is 0 Å². The molecule has 0 saturated carbocycles. The van der Waals surface area contributed by atoms with Crippen LogP contribution in [0.25, 0.3) is 0 Å². The van der Waals surface area contributed by atoms with E-state index in [2.05, 4.69) is 14.7 Å². The Bertz CT molecular complexity index is 581. The first kappa shape index (κ1) is 13.5. The number of aromatic nitrogens is 2. The van der Waals surface area contributed by atoms with E-state index in [9.17, 15) is 4.79 Å². The Balaban J connectivity index is 2.18. The number of hydrogen-bond donors (Lipinski definition) is 1. The van der Waals surface area contributed by atoms with Gasteiger partial charge in [0.25, 0.3) is 5.91 Å². The molecule has 100 valence electrons. The number of benzene rings is 1. The number of nitrogens with zero attached hydrogens (tertiary/aromatic N) is 2. The molecule has 0 aliphatic rings. The second-order valence-electron chi connectivity index (χ2n) is 4.26. The van der Waals surface area contributed by atoms with Crippen LogP contribution in [0.2, 0.25) is 0 Å². The van der Waals surface area contributed by atoms with Crippen LogP contribution in [0.3, 0.4) is 0 Å². The summed E-state index contributed by atoms with van der Waals surface area (Å²) in [5.74, 6) is 0.968. The predicted molar refractivity (Wildman–Crippen MR) is 74.8 cm³/mol. The van der Waals surface area contributed by atoms with Gasteiger partial charge in [-0.15, -0.1) is 0 Å². The van der Waals surface area contributed by atoms with E-state index in [0.717, 1.165) is 11.5 Å². The summed E-state index contributed by atoms with van der Waals surface area (Å²) in [6, 6.07) is 7.14. The number of nitrogens with one attached hydrogen (secondary N) is 1. The Morgan fingerprint density at radius 3 is 2.74 bits per heavy atom. The van der Waals surface area contributed by atoms with Crippen LogP contribution in [0.5, 0.6) is 5.75 Å². The van der Waals surface area contributed by atoms with Crippen molar-refractivity contribution in [3.05, 3.63) is 35.7 Å². The molecule has 2 aromatic rings. The molecule has 0 unspecified atom stereocenters. The fourth-order valence-corrected chi connectivity index (χ4v) is 2.09. The monoisotopic (exact) mass is 277 g/mol. The topological polar surface area (TPSA) is 64.1 Å². The highest BCUT2D eigenvalue weighted by Gasteiger charge is 2.14. The lowest BCUT2D eigenvalue weighted by atomic mass is 10.2. The molecule has 0 spiro atoms. The Labute approximate surface area is 115 Å². The third-order valence-electron chi connectivity index (χ3n) is 2.24. The summed E-state index contributed by atoms with van der Waals surface area (Å²) in [5, 5.41) is 3.21. The molecule has 1 aromatic carbocycles. The molecule has 19 heavy (non-hydrogen) atoms. The number of hydrogen-bond acceptors (Lipinski definition) is 5. The van der Waals surface area contributed by atoms with Crippen LogP contribution in [0, 0.1) is 6.92 Å². The fraction of sp³-hybridized carbons (Fsp3) is 0.308. The van der Waals surface area contributed by atoms with Crippen molar-refractivity contribution >= 4 is 22.6 Å². The maximum atomic E-state index is 12.2. The smallest absolute Gasteiger partial charge is 0.261 e. The first-order valence-corrected chi connectivity index (χ1v) is 6.71. The van der Waals surface area contributed by atoms with Gasteiger partial charge in [-0.2, -0.15) is 4.37 Å². The number of amides is 1. The summed E-state index contributed by atoms with van der Waals surface area (Å²) < 4.78 is 9.63. The maximum absolute atomic E-state index is 12.2. The van der Waals surface area contributed by atoms with Gasteiger partial charge in [-0.05, 0) is 32.9 Å². The van der Waals surface area contributed by atoms with Gasteiger partial charge in [-0.25, -0.2) is 4.98 Å².